The van der Waals surface area contributed by atoms with Crippen LogP contribution in [0.15, 0.2) is 42.5 Å². The highest BCUT2D eigenvalue weighted by Gasteiger charge is 2.24. The van der Waals surface area contributed by atoms with Crippen molar-refractivity contribution >= 4 is 21.6 Å². The number of rotatable bonds is 6. The van der Waals surface area contributed by atoms with E-state index >= 15 is 0 Å². The van der Waals surface area contributed by atoms with Gasteiger partial charge in [-0.05, 0) is 35.6 Å². The Morgan fingerprint density at radius 1 is 1.06 bits per heavy atom. The number of ether oxygens (including phenoxy) is 2. The standard InChI is InChI=1S/C23H30N2O5S/c1-16(17-6-8-18(9-7-17)23(2,3)4)24-22(26)15-25(31(5,27)28)19-10-11-20-21(14-19)30-13-12-29-20/h6-11,14,16H,12-13,15H2,1-5H3,(H,24,26)/t16-/m1/s1. The molecule has 1 heterocycles. The third kappa shape index (κ3) is 5.70. The lowest BCUT2D eigenvalue weighted by Crippen LogP contribution is -2.41. The van der Waals surface area contributed by atoms with Gasteiger partial charge in [-0.2, -0.15) is 0 Å². The van der Waals surface area contributed by atoms with Crippen LogP contribution in [-0.2, 0) is 20.2 Å². The smallest absolute Gasteiger partial charge is 0.241 e. The molecule has 31 heavy (non-hydrogen) atoms. The second kappa shape index (κ2) is 8.78. The number of carbonyl (C=O) groups excluding carboxylic acids is 1. The number of carbonyl (C=O) groups is 1. The van der Waals surface area contributed by atoms with Gasteiger partial charge < -0.3 is 14.8 Å². The van der Waals surface area contributed by atoms with Crippen molar-refractivity contribution in [3.8, 4) is 11.5 Å². The molecule has 0 saturated heterocycles. The number of nitrogens with one attached hydrogen (secondary N) is 1. The molecule has 168 valence electrons. The van der Waals surface area contributed by atoms with Crippen molar-refractivity contribution < 1.29 is 22.7 Å². The quantitative estimate of drug-likeness (QED) is 0.735. The van der Waals surface area contributed by atoms with Crippen LogP contribution < -0.4 is 19.1 Å². The number of anilines is 1. The molecule has 1 aliphatic heterocycles. The molecular formula is C23H30N2O5S. The lowest BCUT2D eigenvalue weighted by Gasteiger charge is -2.25. The van der Waals surface area contributed by atoms with Crippen molar-refractivity contribution in [1.82, 2.24) is 5.32 Å². The van der Waals surface area contributed by atoms with Gasteiger partial charge in [-0.25, -0.2) is 8.42 Å². The first-order valence-electron chi connectivity index (χ1n) is 10.2. The van der Waals surface area contributed by atoms with Crippen molar-refractivity contribution in [2.45, 2.75) is 39.2 Å². The van der Waals surface area contributed by atoms with Crippen LogP contribution in [0.3, 0.4) is 0 Å². The average molecular weight is 447 g/mol. The van der Waals surface area contributed by atoms with Crippen molar-refractivity contribution in [2.75, 3.05) is 30.3 Å². The van der Waals surface area contributed by atoms with Crippen LogP contribution in [0.1, 0.15) is 44.9 Å². The van der Waals surface area contributed by atoms with Crippen molar-refractivity contribution in [2.24, 2.45) is 0 Å². The lowest BCUT2D eigenvalue weighted by atomic mass is 9.86. The molecule has 0 saturated carbocycles. The number of sulfonamides is 1. The summed E-state index contributed by atoms with van der Waals surface area (Å²) in [5.41, 5.74) is 2.55. The summed E-state index contributed by atoms with van der Waals surface area (Å²) in [5.74, 6) is 0.623. The van der Waals surface area contributed by atoms with Crippen molar-refractivity contribution in [1.29, 1.82) is 0 Å². The molecule has 1 atom stereocenters. The van der Waals surface area contributed by atoms with E-state index < -0.39 is 15.9 Å². The minimum atomic E-state index is -3.69. The summed E-state index contributed by atoms with van der Waals surface area (Å²) in [4.78, 5) is 12.7. The maximum absolute atomic E-state index is 12.7. The number of hydrogen-bond donors (Lipinski definition) is 1. The fraction of sp³-hybridized carbons (Fsp3) is 0.435. The van der Waals surface area contributed by atoms with E-state index in [1.54, 1.807) is 18.2 Å². The van der Waals surface area contributed by atoms with Gasteiger partial charge in [-0.1, -0.05) is 45.0 Å². The predicted octanol–water partition coefficient (Wildman–Crippen LogP) is 3.40. The Morgan fingerprint density at radius 3 is 2.26 bits per heavy atom. The van der Waals surface area contributed by atoms with E-state index in [-0.39, 0.29) is 18.0 Å². The molecule has 8 heteroatoms. The molecule has 0 unspecified atom stereocenters. The van der Waals surface area contributed by atoms with Gasteiger partial charge in [-0.3, -0.25) is 9.10 Å². The Morgan fingerprint density at radius 2 is 1.68 bits per heavy atom. The third-order valence-corrected chi connectivity index (χ3v) is 6.30. The topological polar surface area (TPSA) is 84.9 Å². The van der Waals surface area contributed by atoms with Crippen molar-refractivity contribution in [3.63, 3.8) is 0 Å². The van der Waals surface area contributed by atoms with Gasteiger partial charge in [0.25, 0.3) is 0 Å². The highest BCUT2D eigenvalue weighted by atomic mass is 32.2. The Hall–Kier alpha value is -2.74. The third-order valence-electron chi connectivity index (χ3n) is 5.16. The zero-order valence-corrected chi connectivity index (χ0v) is 19.5. The van der Waals surface area contributed by atoms with E-state index in [1.165, 1.54) is 5.56 Å². The molecular weight excluding hydrogens is 416 g/mol. The largest absolute Gasteiger partial charge is 0.486 e. The van der Waals surface area contributed by atoms with E-state index in [2.05, 4.69) is 38.2 Å². The molecule has 2 aromatic rings. The SMILES string of the molecule is C[C@@H](NC(=O)CN(c1ccc2c(c1)OCCO2)S(C)(=O)=O)c1ccc(C(C)(C)C)cc1. The zero-order valence-electron chi connectivity index (χ0n) is 18.6. The molecule has 7 nitrogen and oxygen atoms in total. The Kier molecular flexibility index (Phi) is 6.50. The van der Waals surface area contributed by atoms with Crippen LogP contribution in [0, 0.1) is 0 Å². The zero-order chi connectivity index (χ0) is 22.8. The van der Waals surface area contributed by atoms with Gasteiger partial charge in [-0.15, -0.1) is 0 Å². The number of benzene rings is 2. The van der Waals surface area contributed by atoms with Crippen molar-refractivity contribution in [3.05, 3.63) is 53.6 Å². The first kappa shape index (κ1) is 22.9. The van der Waals surface area contributed by atoms with E-state index in [4.69, 9.17) is 9.47 Å². The van der Waals surface area contributed by atoms with Gasteiger partial charge in [0.2, 0.25) is 15.9 Å². The molecule has 1 N–H and O–H groups in total. The summed E-state index contributed by atoms with van der Waals surface area (Å²) in [6.45, 7) is 8.81. The lowest BCUT2D eigenvalue weighted by molar-refractivity contribution is -0.120. The maximum atomic E-state index is 12.7. The second-order valence-corrected chi connectivity index (χ2v) is 10.7. The molecule has 0 aromatic heterocycles. The molecule has 0 spiro atoms. The molecule has 0 fully saturated rings. The minimum Gasteiger partial charge on any atom is -0.486 e. The normalized spacial score (nSPS) is 14.6. The summed E-state index contributed by atoms with van der Waals surface area (Å²) in [6, 6.07) is 12.7. The molecule has 1 aliphatic rings. The second-order valence-electron chi connectivity index (χ2n) is 8.76. The highest BCUT2D eigenvalue weighted by molar-refractivity contribution is 7.92. The van der Waals surface area contributed by atoms with Gasteiger partial charge in [0.1, 0.15) is 19.8 Å². The Balaban J connectivity index is 1.73. The first-order valence-corrected chi connectivity index (χ1v) is 12.1. The molecule has 0 bridgehead atoms. The summed E-state index contributed by atoms with van der Waals surface area (Å²) in [5, 5.41) is 2.89. The predicted molar refractivity (Wildman–Crippen MR) is 121 cm³/mol. The first-order chi connectivity index (χ1) is 14.4. The molecule has 0 radical (unpaired) electrons. The number of nitrogens with zero attached hydrogens (tertiary/aromatic N) is 1. The number of hydrogen-bond acceptors (Lipinski definition) is 5. The number of amides is 1. The summed E-state index contributed by atoms with van der Waals surface area (Å²) >= 11 is 0. The van der Waals surface area contributed by atoms with Gasteiger partial charge in [0, 0.05) is 6.07 Å². The summed E-state index contributed by atoms with van der Waals surface area (Å²) in [7, 11) is -3.69. The molecule has 3 rings (SSSR count). The monoisotopic (exact) mass is 446 g/mol. The molecule has 1 amide bonds. The van der Waals surface area contributed by atoms with Gasteiger partial charge >= 0.3 is 0 Å². The number of fused-ring (bicyclic) bond motifs is 1. The van der Waals surface area contributed by atoms with Gasteiger partial charge in [0.15, 0.2) is 11.5 Å². The van der Waals surface area contributed by atoms with Crippen LogP contribution in [0.25, 0.3) is 0 Å². The van der Waals surface area contributed by atoms with Gasteiger partial charge in [0.05, 0.1) is 18.0 Å². The fourth-order valence-electron chi connectivity index (χ4n) is 3.36. The summed E-state index contributed by atoms with van der Waals surface area (Å²) in [6.07, 6.45) is 1.08. The van der Waals surface area contributed by atoms with E-state index in [1.807, 2.05) is 19.1 Å². The Bertz CT molecular complexity index is 1040. The van der Waals surface area contributed by atoms with E-state index in [0.29, 0.717) is 30.4 Å². The highest BCUT2D eigenvalue weighted by Crippen LogP contribution is 2.34. The maximum Gasteiger partial charge on any atom is 0.241 e. The average Bonchev–Trinajstić information content (AvgIpc) is 2.70. The van der Waals surface area contributed by atoms with E-state index in [9.17, 15) is 13.2 Å². The van der Waals surface area contributed by atoms with Crippen LogP contribution in [0.2, 0.25) is 0 Å². The van der Waals surface area contributed by atoms with Crippen LogP contribution in [0.4, 0.5) is 5.69 Å². The van der Waals surface area contributed by atoms with Crippen LogP contribution in [-0.4, -0.2) is 40.3 Å². The van der Waals surface area contributed by atoms with Crippen LogP contribution in [0.5, 0.6) is 11.5 Å². The fourth-order valence-corrected chi connectivity index (χ4v) is 4.21. The molecule has 2 aromatic carbocycles. The Labute approximate surface area is 184 Å². The molecule has 0 aliphatic carbocycles. The van der Waals surface area contributed by atoms with E-state index in [0.717, 1.165) is 16.1 Å². The summed E-state index contributed by atoms with van der Waals surface area (Å²) < 4.78 is 36.9. The van der Waals surface area contributed by atoms with Crippen LogP contribution >= 0.6 is 0 Å². The minimum absolute atomic E-state index is 0.0463.